The Balaban J connectivity index is 1.22. The van der Waals surface area contributed by atoms with Crippen LogP contribution in [0, 0.1) is 5.92 Å². The summed E-state index contributed by atoms with van der Waals surface area (Å²) in [5.74, 6) is 2.66. The number of aromatic nitrogens is 2. The van der Waals surface area contributed by atoms with E-state index in [1.54, 1.807) is 0 Å². The quantitative estimate of drug-likeness (QED) is 0.240. The molecule has 6 nitrogen and oxygen atoms in total. The van der Waals surface area contributed by atoms with Gasteiger partial charge in [0.1, 0.15) is 5.82 Å². The number of nitrogens with zero attached hydrogens (tertiary/aromatic N) is 4. The van der Waals surface area contributed by atoms with Crippen molar-refractivity contribution in [3.63, 3.8) is 0 Å². The summed E-state index contributed by atoms with van der Waals surface area (Å²) in [5, 5.41) is 23.8. The van der Waals surface area contributed by atoms with Crippen molar-refractivity contribution in [1.82, 2.24) is 9.97 Å². The zero-order valence-corrected chi connectivity index (χ0v) is 26.6. The second kappa shape index (κ2) is 11.7. The van der Waals surface area contributed by atoms with E-state index < -0.39 is 12.2 Å². The monoisotopic (exact) mass is 602 g/mol. The summed E-state index contributed by atoms with van der Waals surface area (Å²) in [6.45, 7) is 4.44. The van der Waals surface area contributed by atoms with Gasteiger partial charge < -0.3 is 20.0 Å². The number of hydrogen-bond acceptors (Lipinski definition) is 6. The summed E-state index contributed by atoms with van der Waals surface area (Å²) in [6.07, 6.45) is 12.8. The molecule has 6 heteroatoms. The molecule has 0 amide bonds. The van der Waals surface area contributed by atoms with E-state index in [2.05, 4.69) is 78.3 Å². The summed E-state index contributed by atoms with van der Waals surface area (Å²) in [6, 6.07) is 21.6. The van der Waals surface area contributed by atoms with Crippen LogP contribution in [0.15, 0.2) is 72.6 Å². The molecule has 6 aliphatic rings. The van der Waals surface area contributed by atoms with E-state index in [0.29, 0.717) is 18.0 Å². The summed E-state index contributed by atoms with van der Waals surface area (Å²) in [7, 11) is 0. The van der Waals surface area contributed by atoms with Crippen LogP contribution in [0.4, 0.5) is 11.6 Å². The first kappa shape index (κ1) is 29.0. The van der Waals surface area contributed by atoms with E-state index in [1.807, 2.05) is 12.1 Å². The molecule has 0 saturated heterocycles. The van der Waals surface area contributed by atoms with Crippen molar-refractivity contribution in [1.29, 1.82) is 0 Å². The average Bonchev–Trinajstić information content (AvgIpc) is 3.46. The van der Waals surface area contributed by atoms with Crippen LogP contribution in [0.1, 0.15) is 101 Å². The molecule has 0 radical (unpaired) electrons. The van der Waals surface area contributed by atoms with Crippen LogP contribution in [-0.2, 0) is 0 Å². The van der Waals surface area contributed by atoms with Crippen molar-refractivity contribution < 1.29 is 10.2 Å². The zero-order chi connectivity index (χ0) is 30.7. The summed E-state index contributed by atoms with van der Waals surface area (Å²) >= 11 is 0. The summed E-state index contributed by atoms with van der Waals surface area (Å²) < 4.78 is 0. The Hall–Kier alpha value is -3.48. The molecule has 0 bridgehead atoms. The Morgan fingerprint density at radius 3 is 1.73 bits per heavy atom. The van der Waals surface area contributed by atoms with E-state index in [4.69, 9.17) is 9.97 Å². The van der Waals surface area contributed by atoms with Crippen LogP contribution < -0.4 is 9.80 Å². The van der Waals surface area contributed by atoms with Gasteiger partial charge in [-0.3, -0.25) is 0 Å². The predicted octanol–water partition coefficient (Wildman–Crippen LogP) is 8.13. The molecule has 2 aromatic rings. The minimum Gasteiger partial charge on any atom is -0.392 e. The molecule has 8 rings (SSSR count). The number of aliphatic hydroxyl groups is 2. The highest BCUT2D eigenvalue weighted by atomic mass is 16.3. The molecule has 2 N–H and O–H groups in total. The largest absolute Gasteiger partial charge is 0.392 e. The molecule has 5 aliphatic carbocycles. The molecule has 0 spiro atoms. The first-order chi connectivity index (χ1) is 22.0. The molecule has 2 atom stereocenters. The average molecular weight is 603 g/mol. The summed E-state index contributed by atoms with van der Waals surface area (Å²) in [4.78, 5) is 15.5. The third-order valence-corrected chi connectivity index (χ3v) is 11.2. The molecule has 234 valence electrons. The van der Waals surface area contributed by atoms with Crippen LogP contribution >= 0.6 is 0 Å². The Morgan fingerprint density at radius 2 is 1.20 bits per heavy atom. The van der Waals surface area contributed by atoms with Crippen LogP contribution in [-0.4, -0.2) is 44.5 Å². The van der Waals surface area contributed by atoms with Gasteiger partial charge in [0, 0.05) is 23.9 Å². The number of aliphatic hydroxyl groups excluding tert-OH is 2. The van der Waals surface area contributed by atoms with Gasteiger partial charge in [-0.15, -0.1) is 0 Å². The normalized spacial score (nSPS) is 26.1. The zero-order valence-electron chi connectivity index (χ0n) is 26.6. The lowest BCUT2D eigenvalue weighted by molar-refractivity contribution is -0.0943. The molecule has 1 aromatic carbocycles. The van der Waals surface area contributed by atoms with Gasteiger partial charge in [0.05, 0.1) is 23.2 Å². The lowest BCUT2D eigenvalue weighted by Gasteiger charge is -2.47. The van der Waals surface area contributed by atoms with E-state index in [-0.39, 0.29) is 11.8 Å². The Kier molecular flexibility index (Phi) is 7.53. The Bertz CT molecular complexity index is 1610. The second-order valence-electron chi connectivity index (χ2n) is 14.2. The van der Waals surface area contributed by atoms with Crippen molar-refractivity contribution in [2.45, 2.75) is 114 Å². The van der Waals surface area contributed by atoms with Gasteiger partial charge >= 0.3 is 0 Å². The molecular weight excluding hydrogens is 556 g/mol. The molecular formula is C39H46N4O2. The minimum atomic E-state index is -0.672. The lowest BCUT2D eigenvalue weighted by atomic mass is 9.65. The van der Waals surface area contributed by atoms with Crippen LogP contribution in [0.2, 0.25) is 0 Å². The maximum Gasteiger partial charge on any atom is 0.178 e. The van der Waals surface area contributed by atoms with Crippen molar-refractivity contribution in [3.8, 4) is 11.1 Å². The third-order valence-electron chi connectivity index (χ3n) is 11.2. The van der Waals surface area contributed by atoms with Crippen molar-refractivity contribution >= 4 is 22.7 Å². The number of anilines is 2. The molecule has 3 saturated carbocycles. The fourth-order valence-electron chi connectivity index (χ4n) is 8.80. The standard InChI is InChI=1S/C39H46N4O2/c1-24(2)29-22-30(28-19-11-5-10-18-27(28)29)35-36(44)31(37(35)45)23-34-42(25-14-6-3-7-15-25)38-39(43(34)26-16-8-4-9-17-26)41-33-21-13-12-20-32(33)40-38/h5,10-13,18-26,31,35-37,44-45H,3-4,6-9,14-17H2,1-2H3. The lowest BCUT2D eigenvalue weighted by Crippen LogP contribution is -2.54. The second-order valence-corrected chi connectivity index (χ2v) is 14.2. The topological polar surface area (TPSA) is 72.7 Å². The fourth-order valence-corrected chi connectivity index (χ4v) is 8.80. The summed E-state index contributed by atoms with van der Waals surface area (Å²) in [5.41, 5.74) is 6.54. The SMILES string of the molecule is CC(C)c1cc(C2C(O)C(C=C3N(C4CCCCC4)c4nc5ccccc5nc4N3C3CCCCC3)C2O)c2cccccc1-2. The smallest absolute Gasteiger partial charge is 0.178 e. The highest BCUT2D eigenvalue weighted by molar-refractivity contribution is 5.86. The number of fused-ring (bicyclic) bond motifs is 3. The molecule has 45 heavy (non-hydrogen) atoms. The van der Waals surface area contributed by atoms with Gasteiger partial charge in [0.2, 0.25) is 0 Å². The number of hydrogen-bond donors (Lipinski definition) is 2. The fraction of sp³-hybridized carbons (Fsp3) is 0.487. The van der Waals surface area contributed by atoms with Crippen LogP contribution in [0.5, 0.6) is 0 Å². The number of benzene rings is 1. The van der Waals surface area contributed by atoms with Crippen molar-refractivity contribution in [3.05, 3.63) is 83.7 Å². The van der Waals surface area contributed by atoms with Crippen LogP contribution in [0.25, 0.3) is 22.2 Å². The molecule has 1 aromatic heterocycles. The van der Waals surface area contributed by atoms with Crippen molar-refractivity contribution in [2.75, 3.05) is 9.80 Å². The first-order valence-corrected chi connectivity index (χ1v) is 17.5. The van der Waals surface area contributed by atoms with Crippen molar-refractivity contribution in [2.24, 2.45) is 5.92 Å². The number of rotatable bonds is 5. The van der Waals surface area contributed by atoms with E-state index in [0.717, 1.165) is 65.3 Å². The van der Waals surface area contributed by atoms with Gasteiger partial charge in [-0.05, 0) is 72.1 Å². The van der Waals surface area contributed by atoms with Gasteiger partial charge in [-0.2, -0.15) is 0 Å². The van der Waals surface area contributed by atoms with Gasteiger partial charge in [0.15, 0.2) is 11.6 Å². The molecule has 3 fully saturated rings. The van der Waals surface area contributed by atoms with E-state index in [9.17, 15) is 10.2 Å². The van der Waals surface area contributed by atoms with Gasteiger partial charge in [-0.25, -0.2) is 9.97 Å². The molecule has 1 aliphatic heterocycles. The first-order valence-electron chi connectivity index (χ1n) is 17.5. The maximum atomic E-state index is 11.9. The molecule has 2 unspecified atom stereocenters. The Labute approximate surface area is 267 Å². The van der Waals surface area contributed by atoms with Crippen LogP contribution in [0.3, 0.4) is 0 Å². The maximum absolute atomic E-state index is 11.9. The Morgan fingerprint density at radius 1 is 0.689 bits per heavy atom. The minimum absolute atomic E-state index is 0.321. The van der Waals surface area contributed by atoms with Gasteiger partial charge in [0.25, 0.3) is 0 Å². The highest BCUT2D eigenvalue weighted by Gasteiger charge is 2.52. The van der Waals surface area contributed by atoms with Gasteiger partial charge in [-0.1, -0.05) is 101 Å². The third kappa shape index (κ3) is 4.83. The van der Waals surface area contributed by atoms with E-state index in [1.165, 1.54) is 49.7 Å². The predicted molar refractivity (Wildman–Crippen MR) is 182 cm³/mol. The molecule has 2 heterocycles. The highest BCUT2D eigenvalue weighted by Crippen LogP contribution is 2.52. The van der Waals surface area contributed by atoms with E-state index >= 15 is 0 Å². The number of para-hydroxylation sites is 2.